The van der Waals surface area contributed by atoms with Crippen molar-refractivity contribution < 1.29 is 13.0 Å². The maximum absolute atomic E-state index is 12.8. The molecular weight excluding hydrogens is 519 g/mol. The van der Waals surface area contributed by atoms with E-state index in [-0.39, 0.29) is 21.8 Å². The first-order valence-corrected chi connectivity index (χ1v) is 16.1. The molecule has 1 fully saturated rings. The highest BCUT2D eigenvalue weighted by molar-refractivity contribution is 7.92. The Labute approximate surface area is 217 Å². The van der Waals surface area contributed by atoms with Crippen molar-refractivity contribution in [2.75, 3.05) is 47.6 Å². The number of para-hydroxylation sites is 1. The van der Waals surface area contributed by atoms with Gasteiger partial charge in [-0.05, 0) is 63.3 Å². The van der Waals surface area contributed by atoms with E-state index in [4.69, 9.17) is 11.6 Å². The second-order valence-corrected chi connectivity index (χ2v) is 15.7. The van der Waals surface area contributed by atoms with Crippen molar-refractivity contribution in [1.82, 2.24) is 15.2 Å². The van der Waals surface area contributed by atoms with Crippen molar-refractivity contribution in [2.24, 2.45) is 0 Å². The van der Waals surface area contributed by atoms with Crippen LogP contribution in [0.2, 0.25) is 5.15 Å². The molecule has 0 amide bonds. The lowest BCUT2D eigenvalue weighted by Crippen LogP contribution is -2.34. The number of halogens is 1. The molecule has 36 heavy (non-hydrogen) atoms. The fourth-order valence-electron chi connectivity index (χ4n) is 3.90. The molecule has 2 aromatic carbocycles. The number of sulfone groups is 1. The van der Waals surface area contributed by atoms with Gasteiger partial charge in [-0.15, -0.1) is 10.2 Å². The Morgan fingerprint density at radius 2 is 1.72 bits per heavy atom. The molecule has 0 aliphatic carbocycles. The van der Waals surface area contributed by atoms with Crippen LogP contribution in [0.3, 0.4) is 0 Å². The maximum Gasteiger partial charge on any atom is 0.249 e. The zero-order valence-corrected chi connectivity index (χ0v) is 23.2. The third kappa shape index (κ3) is 5.82. The number of rotatable bonds is 7. The lowest BCUT2D eigenvalue weighted by atomic mass is 10.1. The number of benzene rings is 2. The molecule has 0 saturated carbocycles. The van der Waals surface area contributed by atoms with Gasteiger partial charge in [-0.25, -0.2) is 8.42 Å². The molecule has 9 nitrogen and oxygen atoms in total. The van der Waals surface area contributed by atoms with E-state index in [9.17, 15) is 13.0 Å². The van der Waals surface area contributed by atoms with Gasteiger partial charge in [-0.2, -0.15) is 4.98 Å². The average Bonchev–Trinajstić information content (AvgIpc) is 2.82. The van der Waals surface area contributed by atoms with Crippen molar-refractivity contribution >= 4 is 57.4 Å². The van der Waals surface area contributed by atoms with Crippen molar-refractivity contribution in [2.45, 2.75) is 30.9 Å². The van der Waals surface area contributed by atoms with Crippen molar-refractivity contribution in [3.8, 4) is 0 Å². The number of aromatic nitrogens is 3. The van der Waals surface area contributed by atoms with Crippen molar-refractivity contribution in [3.63, 3.8) is 0 Å². The summed E-state index contributed by atoms with van der Waals surface area (Å²) >= 11 is 6.24. The Morgan fingerprint density at radius 1 is 1.03 bits per heavy atom. The highest BCUT2D eigenvalue weighted by Crippen LogP contribution is 2.43. The minimum atomic E-state index is -3.53. The van der Waals surface area contributed by atoms with Gasteiger partial charge in [0, 0.05) is 36.8 Å². The van der Waals surface area contributed by atoms with E-state index in [0.29, 0.717) is 5.69 Å². The monoisotopic (exact) mass is 548 g/mol. The van der Waals surface area contributed by atoms with Gasteiger partial charge in [0.15, 0.2) is 20.8 Å². The lowest BCUT2D eigenvalue weighted by molar-refractivity contribution is 0.572. The summed E-state index contributed by atoms with van der Waals surface area (Å²) in [5.74, 6) is 0.402. The van der Waals surface area contributed by atoms with E-state index in [1.807, 2.05) is 25.7 Å². The van der Waals surface area contributed by atoms with Gasteiger partial charge in [0.05, 0.1) is 23.0 Å². The summed E-state index contributed by atoms with van der Waals surface area (Å²) in [4.78, 5) is 6.85. The topological polar surface area (TPSA) is 117 Å². The SMILES string of the molecule is Cc1cc(N2CCP(C)(=O)CC2)ccc1Nc1nnc(Cl)c(Nc2ccccc2S(=O)(=O)C(C)C)n1. The normalized spacial score (nSPS) is 15.7. The summed E-state index contributed by atoms with van der Waals surface area (Å²) < 4.78 is 37.9. The first-order valence-electron chi connectivity index (χ1n) is 11.6. The predicted molar refractivity (Wildman–Crippen MR) is 147 cm³/mol. The van der Waals surface area contributed by atoms with E-state index in [2.05, 4.69) is 36.8 Å². The van der Waals surface area contributed by atoms with Crippen LogP contribution in [0.4, 0.5) is 28.8 Å². The summed E-state index contributed by atoms with van der Waals surface area (Å²) in [5, 5.41) is 13.6. The minimum Gasteiger partial charge on any atom is -0.371 e. The molecule has 0 radical (unpaired) electrons. The van der Waals surface area contributed by atoms with Crippen LogP contribution in [0.5, 0.6) is 0 Å². The van der Waals surface area contributed by atoms with Crippen molar-refractivity contribution in [1.29, 1.82) is 0 Å². The second kappa shape index (κ2) is 10.4. The maximum atomic E-state index is 12.8. The number of aryl methyl sites for hydroxylation is 1. The fraction of sp³-hybridized carbons (Fsp3) is 0.375. The second-order valence-electron chi connectivity index (χ2n) is 9.35. The molecule has 0 bridgehead atoms. The van der Waals surface area contributed by atoms with Gasteiger partial charge in [0.2, 0.25) is 5.95 Å². The van der Waals surface area contributed by atoms with Crippen LogP contribution in [0, 0.1) is 6.92 Å². The van der Waals surface area contributed by atoms with E-state index in [1.54, 1.807) is 38.1 Å². The van der Waals surface area contributed by atoms with E-state index >= 15 is 0 Å². The molecule has 12 heteroatoms. The first kappa shape index (κ1) is 26.4. The summed E-state index contributed by atoms with van der Waals surface area (Å²) in [5.41, 5.74) is 3.23. The summed E-state index contributed by atoms with van der Waals surface area (Å²) in [7, 11) is -5.52. The van der Waals surface area contributed by atoms with Gasteiger partial charge in [-0.3, -0.25) is 0 Å². The van der Waals surface area contributed by atoms with E-state index in [0.717, 1.165) is 42.4 Å². The number of nitrogens with one attached hydrogen (secondary N) is 2. The molecule has 0 atom stereocenters. The Kier molecular flexibility index (Phi) is 7.59. The Bertz CT molecular complexity index is 1420. The molecule has 1 aliphatic heterocycles. The number of nitrogens with zero attached hydrogens (tertiary/aromatic N) is 4. The molecule has 1 aliphatic rings. The molecule has 0 spiro atoms. The summed E-state index contributed by atoms with van der Waals surface area (Å²) in [6.45, 7) is 8.70. The first-order chi connectivity index (χ1) is 17.0. The minimum absolute atomic E-state index is 0.0164. The van der Waals surface area contributed by atoms with Gasteiger partial charge >= 0.3 is 0 Å². The number of hydrogen-bond donors (Lipinski definition) is 2. The third-order valence-electron chi connectivity index (χ3n) is 6.22. The molecular formula is C24H30ClN6O3PS. The Hall–Kier alpha value is -2.68. The highest BCUT2D eigenvalue weighted by atomic mass is 35.5. The van der Waals surface area contributed by atoms with Crippen LogP contribution in [0.1, 0.15) is 19.4 Å². The van der Waals surface area contributed by atoms with Gasteiger partial charge in [-0.1, -0.05) is 23.7 Å². The number of anilines is 5. The highest BCUT2D eigenvalue weighted by Gasteiger charge is 2.25. The standard InChI is InChI=1S/C24H30ClN6O3PS/c1-16(2)36(33,34)21-8-6-5-7-20(21)26-23-22(25)29-30-24(28-23)27-19-10-9-18(15-17(19)3)31-11-13-35(4,32)14-12-31/h5-10,15-16H,11-14H2,1-4H3,(H2,26,27,28,30). The third-order valence-corrected chi connectivity index (χ3v) is 11.0. The predicted octanol–water partition coefficient (Wildman–Crippen LogP) is 5.32. The van der Waals surface area contributed by atoms with Crippen LogP contribution in [0.15, 0.2) is 47.4 Å². The molecule has 1 saturated heterocycles. The van der Waals surface area contributed by atoms with Gasteiger partial charge < -0.3 is 20.1 Å². The smallest absolute Gasteiger partial charge is 0.249 e. The van der Waals surface area contributed by atoms with Gasteiger partial charge in [0.1, 0.15) is 0 Å². The lowest BCUT2D eigenvalue weighted by Gasteiger charge is -2.32. The molecule has 192 valence electrons. The zero-order chi connectivity index (χ0) is 26.1. The average molecular weight is 549 g/mol. The molecule has 1 aromatic heterocycles. The van der Waals surface area contributed by atoms with E-state index < -0.39 is 22.2 Å². The summed E-state index contributed by atoms with van der Waals surface area (Å²) in [6.07, 6.45) is 1.46. The molecule has 2 N–H and O–H groups in total. The molecule has 4 rings (SSSR count). The zero-order valence-electron chi connectivity index (χ0n) is 20.7. The summed E-state index contributed by atoms with van der Waals surface area (Å²) in [6, 6.07) is 12.6. The quantitative estimate of drug-likeness (QED) is 0.378. The van der Waals surface area contributed by atoms with Crippen LogP contribution in [0.25, 0.3) is 0 Å². The molecule has 2 heterocycles. The van der Waals surface area contributed by atoms with Crippen molar-refractivity contribution in [3.05, 3.63) is 53.2 Å². The largest absolute Gasteiger partial charge is 0.371 e. The van der Waals surface area contributed by atoms with Crippen LogP contribution in [-0.2, 0) is 14.4 Å². The van der Waals surface area contributed by atoms with Crippen LogP contribution in [-0.4, -0.2) is 60.9 Å². The Balaban J connectivity index is 1.55. The number of hydrogen-bond acceptors (Lipinski definition) is 9. The molecule has 3 aromatic rings. The van der Waals surface area contributed by atoms with E-state index in [1.165, 1.54) is 0 Å². The fourth-order valence-corrected chi connectivity index (χ4v) is 6.78. The molecule has 0 unspecified atom stereocenters. The Morgan fingerprint density at radius 3 is 2.39 bits per heavy atom. The van der Waals surface area contributed by atoms with Crippen LogP contribution < -0.4 is 15.5 Å². The van der Waals surface area contributed by atoms with Crippen LogP contribution >= 0.6 is 18.7 Å². The van der Waals surface area contributed by atoms with Gasteiger partial charge in [0.25, 0.3) is 0 Å².